The van der Waals surface area contributed by atoms with Gasteiger partial charge in [0.1, 0.15) is 11.5 Å². The van der Waals surface area contributed by atoms with Gasteiger partial charge in [-0.1, -0.05) is 54.0 Å². The molecule has 0 aliphatic rings. The van der Waals surface area contributed by atoms with E-state index in [1.807, 2.05) is 0 Å². The van der Waals surface area contributed by atoms with Crippen LogP contribution in [0.5, 0.6) is 11.5 Å². The van der Waals surface area contributed by atoms with Crippen LogP contribution < -0.4 is 8.85 Å². The van der Waals surface area contributed by atoms with Crippen LogP contribution in [0, 0.1) is 0 Å². The molecule has 0 radical (unpaired) electrons. The Hall–Kier alpha value is -0.746. The van der Waals surface area contributed by atoms with Gasteiger partial charge in [-0.05, 0) is 54.3 Å². The predicted molar refractivity (Wildman–Crippen MR) is 107 cm³/mol. The molecule has 0 aliphatic heterocycles. The van der Waals surface area contributed by atoms with Crippen molar-refractivity contribution in [2.45, 2.75) is 84.6 Å². The van der Waals surface area contributed by atoms with Crippen LogP contribution in [0.2, 0.25) is 30.2 Å². The third-order valence-electron chi connectivity index (χ3n) is 5.01. The molecule has 4 heteroatoms. The molecule has 23 heavy (non-hydrogen) atoms. The molecular weight excluding hydrogens is 316 g/mol. The lowest BCUT2D eigenvalue weighted by Crippen LogP contribution is -2.39. The van der Waals surface area contributed by atoms with Crippen LogP contribution in [-0.4, -0.2) is 17.4 Å². The Morgan fingerprint density at radius 2 is 1.48 bits per heavy atom. The molecule has 1 aromatic rings. The molecule has 0 amide bonds. The Morgan fingerprint density at radius 3 is 1.96 bits per heavy atom. The zero-order valence-corrected chi connectivity index (χ0v) is 18.2. The summed E-state index contributed by atoms with van der Waals surface area (Å²) < 4.78 is 13.1. The quantitative estimate of drug-likeness (QED) is 0.444. The van der Waals surface area contributed by atoms with Gasteiger partial charge in [-0.15, -0.1) is 0 Å². The van der Waals surface area contributed by atoms with Crippen molar-refractivity contribution in [3.63, 3.8) is 0 Å². The maximum atomic E-state index is 6.64. The minimum absolute atomic E-state index is 1.00. The maximum absolute atomic E-state index is 6.64. The highest BCUT2D eigenvalue weighted by Gasteiger charge is 2.32. The van der Waals surface area contributed by atoms with Gasteiger partial charge in [-0.25, -0.2) is 0 Å². The first-order chi connectivity index (χ1) is 11.1. The van der Waals surface area contributed by atoms with Crippen molar-refractivity contribution in [2.24, 2.45) is 0 Å². The van der Waals surface area contributed by atoms with Crippen molar-refractivity contribution in [1.29, 1.82) is 0 Å². The number of benzene rings is 1. The zero-order valence-electron chi connectivity index (χ0n) is 16.1. The van der Waals surface area contributed by atoms with E-state index in [1.54, 1.807) is 0 Å². The Labute approximate surface area is 146 Å². The molecule has 0 aromatic heterocycles. The van der Waals surface area contributed by atoms with Crippen LogP contribution in [0.25, 0.3) is 0 Å². The van der Waals surface area contributed by atoms with E-state index in [2.05, 4.69) is 59.7 Å². The molecule has 2 nitrogen and oxygen atoms in total. The van der Waals surface area contributed by atoms with Gasteiger partial charge in [0, 0.05) is 0 Å². The van der Waals surface area contributed by atoms with Crippen molar-refractivity contribution >= 4 is 17.4 Å². The molecule has 1 rings (SSSR count). The van der Waals surface area contributed by atoms with Crippen LogP contribution in [0.3, 0.4) is 0 Å². The van der Waals surface area contributed by atoms with Crippen LogP contribution in [0.15, 0.2) is 18.2 Å². The van der Waals surface area contributed by atoms with Crippen molar-refractivity contribution in [2.75, 3.05) is 0 Å². The molecule has 0 spiro atoms. The summed E-state index contributed by atoms with van der Waals surface area (Å²) in [5, 5.41) is 0. The van der Waals surface area contributed by atoms with Crippen molar-refractivity contribution < 1.29 is 8.85 Å². The van der Waals surface area contributed by atoms with E-state index in [4.69, 9.17) is 8.85 Å². The lowest BCUT2D eigenvalue weighted by molar-refractivity contribution is 0.480. The second-order valence-corrected chi connectivity index (χ2v) is 14.2. The monoisotopic (exact) mass is 352 g/mol. The Morgan fingerprint density at radius 1 is 0.870 bits per heavy atom. The van der Waals surface area contributed by atoms with E-state index in [1.165, 1.54) is 42.2 Å². The lowest BCUT2D eigenvalue weighted by Gasteiger charge is -2.30. The first-order valence-corrected chi connectivity index (χ1v) is 14.2. The van der Waals surface area contributed by atoms with Crippen molar-refractivity contribution in [3.05, 3.63) is 23.8 Å². The number of aryl methyl sites for hydroxylation is 1. The van der Waals surface area contributed by atoms with Gasteiger partial charge in [-0.2, -0.15) is 0 Å². The fourth-order valence-electron chi connectivity index (χ4n) is 3.01. The summed E-state index contributed by atoms with van der Waals surface area (Å²) in [6.45, 7) is 13.6. The van der Waals surface area contributed by atoms with Crippen LogP contribution in [0.1, 0.15) is 53.5 Å². The predicted octanol–water partition coefficient (Wildman–Crippen LogP) is 6.17. The minimum atomic E-state index is -1.66. The Balaban J connectivity index is 3.13. The molecule has 0 saturated heterocycles. The molecule has 132 valence electrons. The molecule has 0 unspecified atom stereocenters. The highest BCUT2D eigenvalue weighted by molar-refractivity contribution is 6.74. The van der Waals surface area contributed by atoms with Crippen LogP contribution in [-0.2, 0) is 6.42 Å². The molecule has 0 fully saturated rings. The standard InChI is InChI=1S/C19H36O2Si2/c1-7-13-17-14-15-18(21-23(10-4,11-5)12-6)19(16-17)20-22(8-2)9-3/h14-16,22H,7-13H2,1-6H3. The smallest absolute Gasteiger partial charge is 0.250 e. The van der Waals surface area contributed by atoms with E-state index >= 15 is 0 Å². The van der Waals surface area contributed by atoms with Gasteiger partial charge in [0.25, 0.3) is 8.32 Å². The third kappa shape index (κ3) is 5.68. The molecule has 0 aliphatic carbocycles. The Bertz CT molecular complexity index is 446. The van der Waals surface area contributed by atoms with E-state index in [0.717, 1.165) is 17.9 Å². The summed E-state index contributed by atoms with van der Waals surface area (Å²) in [4.78, 5) is 0. The fraction of sp³-hybridized carbons (Fsp3) is 0.684. The molecular formula is C19H36O2Si2. The number of hydrogen-bond donors (Lipinski definition) is 0. The van der Waals surface area contributed by atoms with Crippen molar-refractivity contribution in [1.82, 2.24) is 0 Å². The van der Waals surface area contributed by atoms with Crippen molar-refractivity contribution in [3.8, 4) is 11.5 Å². The SMILES string of the molecule is CCCc1ccc(O[Si](CC)(CC)CC)c(O[SiH](CC)CC)c1. The summed E-state index contributed by atoms with van der Waals surface area (Å²) in [6.07, 6.45) is 2.28. The summed E-state index contributed by atoms with van der Waals surface area (Å²) in [7, 11) is -2.81. The first kappa shape index (κ1) is 20.3. The second kappa shape index (κ2) is 10.2. The van der Waals surface area contributed by atoms with Gasteiger partial charge in [0.05, 0.1) is 0 Å². The van der Waals surface area contributed by atoms with Gasteiger partial charge in [-0.3, -0.25) is 0 Å². The average Bonchev–Trinajstić information content (AvgIpc) is 2.59. The third-order valence-corrected chi connectivity index (χ3v) is 11.9. The van der Waals surface area contributed by atoms with Crippen LogP contribution >= 0.6 is 0 Å². The van der Waals surface area contributed by atoms with Gasteiger partial charge < -0.3 is 8.85 Å². The molecule has 1 aromatic carbocycles. The largest absolute Gasteiger partial charge is 0.544 e. The summed E-state index contributed by atoms with van der Waals surface area (Å²) in [5.41, 5.74) is 1.37. The number of hydrogen-bond acceptors (Lipinski definition) is 2. The van der Waals surface area contributed by atoms with Crippen LogP contribution in [0.4, 0.5) is 0 Å². The molecule has 0 bridgehead atoms. The van der Waals surface area contributed by atoms with E-state index in [-0.39, 0.29) is 0 Å². The molecule has 0 N–H and O–H groups in total. The maximum Gasteiger partial charge on any atom is 0.250 e. The highest BCUT2D eigenvalue weighted by Crippen LogP contribution is 2.35. The number of rotatable bonds is 11. The van der Waals surface area contributed by atoms with Gasteiger partial charge in [0.2, 0.25) is 9.04 Å². The Kier molecular flexibility index (Phi) is 8.99. The molecule has 0 atom stereocenters. The normalized spacial score (nSPS) is 11.8. The molecule has 0 heterocycles. The fourth-order valence-corrected chi connectivity index (χ4v) is 7.03. The molecule has 0 saturated carbocycles. The second-order valence-electron chi connectivity index (χ2n) is 6.43. The summed E-state index contributed by atoms with van der Waals surface area (Å²) >= 11 is 0. The first-order valence-electron chi connectivity index (χ1n) is 9.56. The van der Waals surface area contributed by atoms with E-state index < -0.39 is 17.4 Å². The van der Waals surface area contributed by atoms with Gasteiger partial charge >= 0.3 is 0 Å². The summed E-state index contributed by atoms with van der Waals surface area (Å²) in [5.74, 6) is 2.02. The van der Waals surface area contributed by atoms with Gasteiger partial charge in [0.15, 0.2) is 0 Å². The lowest BCUT2D eigenvalue weighted by atomic mass is 10.1. The average molecular weight is 353 g/mol. The summed E-state index contributed by atoms with van der Waals surface area (Å²) in [6, 6.07) is 12.5. The highest BCUT2D eigenvalue weighted by atomic mass is 28.4. The topological polar surface area (TPSA) is 18.5 Å². The van der Waals surface area contributed by atoms with E-state index in [9.17, 15) is 0 Å². The minimum Gasteiger partial charge on any atom is -0.544 e. The zero-order chi connectivity index (χ0) is 17.3. The van der Waals surface area contributed by atoms with E-state index in [0.29, 0.717) is 0 Å².